The van der Waals surface area contributed by atoms with Gasteiger partial charge in [-0.1, -0.05) is 36.4 Å². The van der Waals surface area contributed by atoms with E-state index in [1.807, 2.05) is 0 Å². The monoisotopic (exact) mass is 279 g/mol. The first kappa shape index (κ1) is 12.9. The normalized spacial score (nSPS) is 18.1. The fourth-order valence-electron chi connectivity index (χ4n) is 3.69. The van der Waals surface area contributed by atoms with Gasteiger partial charge in [-0.2, -0.15) is 0 Å². The molecular formula is C19H21NO. The van der Waals surface area contributed by atoms with Gasteiger partial charge < -0.3 is 10.5 Å². The lowest BCUT2D eigenvalue weighted by atomic mass is 9.89. The summed E-state index contributed by atoms with van der Waals surface area (Å²) in [6.07, 6.45) is 5.16. The van der Waals surface area contributed by atoms with Crippen molar-refractivity contribution in [2.75, 3.05) is 6.61 Å². The van der Waals surface area contributed by atoms with Crippen LogP contribution in [0.5, 0.6) is 5.75 Å². The number of nitrogens with two attached hydrogens (primary N) is 1. The van der Waals surface area contributed by atoms with Crippen LogP contribution in [0.3, 0.4) is 0 Å². The molecule has 2 aliphatic rings. The van der Waals surface area contributed by atoms with E-state index in [9.17, 15) is 0 Å². The summed E-state index contributed by atoms with van der Waals surface area (Å²) in [5.41, 5.74) is 12.2. The third-order valence-electron chi connectivity index (χ3n) is 4.87. The zero-order chi connectivity index (χ0) is 14.3. The number of rotatable bonds is 3. The molecule has 0 radical (unpaired) electrons. The summed E-state index contributed by atoms with van der Waals surface area (Å²) >= 11 is 0. The average Bonchev–Trinajstić information content (AvgIpc) is 3.07. The summed E-state index contributed by atoms with van der Waals surface area (Å²) in [7, 11) is 0. The molecule has 0 spiro atoms. The predicted octanol–water partition coefficient (Wildman–Crippen LogP) is 3.05. The lowest BCUT2D eigenvalue weighted by molar-refractivity contribution is 0.357. The van der Waals surface area contributed by atoms with Gasteiger partial charge in [-0.15, -0.1) is 0 Å². The molecule has 0 aromatic heterocycles. The third-order valence-corrected chi connectivity index (χ3v) is 4.87. The van der Waals surface area contributed by atoms with Gasteiger partial charge in [-0.3, -0.25) is 0 Å². The molecule has 0 bridgehead atoms. The molecule has 2 aromatic rings. The maximum atomic E-state index is 6.65. The quantitative estimate of drug-likeness (QED) is 0.937. The second-order valence-corrected chi connectivity index (χ2v) is 6.53. The zero-order valence-electron chi connectivity index (χ0n) is 12.3. The Bertz CT molecular complexity index is 652. The molecule has 2 heteroatoms. The van der Waals surface area contributed by atoms with E-state index < -0.39 is 0 Å². The third kappa shape index (κ3) is 2.44. The fraction of sp³-hybridized carbons (Fsp3) is 0.368. The van der Waals surface area contributed by atoms with E-state index >= 15 is 0 Å². The molecule has 0 saturated heterocycles. The number of benzene rings is 2. The number of hydrogen-bond donors (Lipinski definition) is 1. The van der Waals surface area contributed by atoms with Crippen molar-refractivity contribution in [2.45, 2.75) is 37.6 Å². The zero-order valence-corrected chi connectivity index (χ0v) is 12.3. The van der Waals surface area contributed by atoms with Crippen LogP contribution in [0.15, 0.2) is 42.5 Å². The van der Waals surface area contributed by atoms with Crippen molar-refractivity contribution in [3.05, 3.63) is 64.7 Å². The van der Waals surface area contributed by atoms with Crippen LogP contribution in [0.4, 0.5) is 0 Å². The largest absolute Gasteiger partial charge is 0.493 e. The van der Waals surface area contributed by atoms with Gasteiger partial charge in [0.15, 0.2) is 0 Å². The highest BCUT2D eigenvalue weighted by Gasteiger charge is 2.32. The topological polar surface area (TPSA) is 35.2 Å². The van der Waals surface area contributed by atoms with Gasteiger partial charge in [0.25, 0.3) is 0 Å². The Balaban J connectivity index is 1.46. The Morgan fingerprint density at radius 3 is 2.52 bits per heavy atom. The first-order valence-corrected chi connectivity index (χ1v) is 7.82. The number of fused-ring (bicyclic) bond motifs is 2. The molecule has 2 N–H and O–H groups in total. The minimum absolute atomic E-state index is 0.0702. The SMILES string of the molecule is NC1(CCc2ccc3c(c2)CCO3)Cc2ccccc2C1. The van der Waals surface area contributed by atoms with E-state index in [4.69, 9.17) is 10.5 Å². The maximum absolute atomic E-state index is 6.65. The molecular weight excluding hydrogens is 258 g/mol. The molecule has 0 amide bonds. The van der Waals surface area contributed by atoms with Crippen LogP contribution >= 0.6 is 0 Å². The highest BCUT2D eigenvalue weighted by molar-refractivity contribution is 5.40. The Morgan fingerprint density at radius 2 is 1.76 bits per heavy atom. The predicted molar refractivity (Wildman–Crippen MR) is 84.7 cm³/mol. The molecule has 1 aliphatic heterocycles. The van der Waals surface area contributed by atoms with E-state index in [0.29, 0.717) is 0 Å². The maximum Gasteiger partial charge on any atom is 0.122 e. The first-order chi connectivity index (χ1) is 10.2. The van der Waals surface area contributed by atoms with Gasteiger partial charge in [0.05, 0.1) is 6.61 Å². The van der Waals surface area contributed by atoms with Crippen molar-refractivity contribution in [2.24, 2.45) is 5.73 Å². The Kier molecular flexibility index (Phi) is 3.00. The van der Waals surface area contributed by atoms with E-state index in [1.54, 1.807) is 0 Å². The van der Waals surface area contributed by atoms with Crippen molar-refractivity contribution in [1.82, 2.24) is 0 Å². The Labute approximate surface area is 125 Å². The average molecular weight is 279 g/mol. The van der Waals surface area contributed by atoms with E-state index in [-0.39, 0.29) is 5.54 Å². The lowest BCUT2D eigenvalue weighted by Crippen LogP contribution is -2.41. The second-order valence-electron chi connectivity index (χ2n) is 6.53. The van der Waals surface area contributed by atoms with E-state index in [0.717, 1.165) is 44.5 Å². The number of aryl methyl sites for hydroxylation is 1. The van der Waals surface area contributed by atoms with Crippen molar-refractivity contribution in [1.29, 1.82) is 0 Å². The van der Waals surface area contributed by atoms with Gasteiger partial charge >= 0.3 is 0 Å². The van der Waals surface area contributed by atoms with E-state index in [1.165, 1.54) is 22.3 Å². The summed E-state index contributed by atoms with van der Waals surface area (Å²) in [4.78, 5) is 0. The molecule has 0 unspecified atom stereocenters. The molecule has 0 atom stereocenters. The molecule has 108 valence electrons. The summed E-state index contributed by atoms with van der Waals surface area (Å²) in [6, 6.07) is 15.3. The standard InChI is InChI=1S/C19H21NO/c20-19(12-16-3-1-2-4-17(16)13-19)9-7-14-5-6-18-15(11-14)8-10-21-18/h1-6,11H,7-10,12-13,20H2. The van der Waals surface area contributed by atoms with Gasteiger partial charge in [0.2, 0.25) is 0 Å². The molecule has 0 saturated carbocycles. The summed E-state index contributed by atoms with van der Waals surface area (Å²) in [5.74, 6) is 1.06. The molecule has 2 aromatic carbocycles. The van der Waals surface area contributed by atoms with Crippen LogP contribution < -0.4 is 10.5 Å². The highest BCUT2D eigenvalue weighted by Crippen LogP contribution is 2.32. The van der Waals surface area contributed by atoms with Crippen LogP contribution in [0.2, 0.25) is 0 Å². The lowest BCUT2D eigenvalue weighted by Gasteiger charge is -2.23. The minimum atomic E-state index is -0.0702. The van der Waals surface area contributed by atoms with Gasteiger partial charge in [-0.05, 0) is 54.0 Å². The van der Waals surface area contributed by atoms with Gasteiger partial charge in [0, 0.05) is 12.0 Å². The van der Waals surface area contributed by atoms with Crippen LogP contribution in [0.1, 0.15) is 28.7 Å². The van der Waals surface area contributed by atoms with Gasteiger partial charge in [-0.25, -0.2) is 0 Å². The summed E-state index contributed by atoms with van der Waals surface area (Å²) in [5, 5.41) is 0. The smallest absolute Gasteiger partial charge is 0.122 e. The van der Waals surface area contributed by atoms with Crippen LogP contribution in [-0.2, 0) is 25.7 Å². The molecule has 2 nitrogen and oxygen atoms in total. The Morgan fingerprint density at radius 1 is 1.00 bits per heavy atom. The summed E-state index contributed by atoms with van der Waals surface area (Å²) < 4.78 is 5.57. The molecule has 21 heavy (non-hydrogen) atoms. The van der Waals surface area contributed by atoms with Crippen LogP contribution in [-0.4, -0.2) is 12.1 Å². The van der Waals surface area contributed by atoms with Crippen molar-refractivity contribution < 1.29 is 4.74 Å². The van der Waals surface area contributed by atoms with Crippen molar-refractivity contribution in [3.8, 4) is 5.75 Å². The van der Waals surface area contributed by atoms with E-state index in [2.05, 4.69) is 42.5 Å². The molecule has 0 fully saturated rings. The number of hydrogen-bond acceptors (Lipinski definition) is 2. The molecule has 1 heterocycles. The van der Waals surface area contributed by atoms with Gasteiger partial charge in [0.1, 0.15) is 5.75 Å². The van der Waals surface area contributed by atoms with Crippen molar-refractivity contribution >= 4 is 0 Å². The first-order valence-electron chi connectivity index (χ1n) is 7.82. The number of ether oxygens (including phenoxy) is 1. The molecule has 1 aliphatic carbocycles. The van der Waals surface area contributed by atoms with Crippen LogP contribution in [0, 0.1) is 0 Å². The van der Waals surface area contributed by atoms with Crippen LogP contribution in [0.25, 0.3) is 0 Å². The molecule has 4 rings (SSSR count). The highest BCUT2D eigenvalue weighted by atomic mass is 16.5. The Hall–Kier alpha value is -1.80. The second kappa shape index (κ2) is 4.88. The fourth-order valence-corrected chi connectivity index (χ4v) is 3.69. The summed E-state index contributed by atoms with van der Waals surface area (Å²) in [6.45, 7) is 0.828. The minimum Gasteiger partial charge on any atom is -0.493 e. The van der Waals surface area contributed by atoms with Crippen molar-refractivity contribution in [3.63, 3.8) is 0 Å².